The minimum absolute atomic E-state index is 0.0187. The Morgan fingerprint density at radius 2 is 1.61 bits per heavy atom. The molecule has 3 aliphatic heterocycles. The average molecular weight is 884 g/mol. The molecule has 2 aromatic rings. The molecular weight excluding hydrogens is 833 g/mol. The number of aliphatic hydroxyl groups is 2. The SMILES string of the molecule is CC1CC2C(=O)OC(C)C(NC(=O)C(Cc3cc(F)cc(F)c3)NC(=O)Nc3ccc(OC(F)(F)F)cc3)C(=O)N3CCCC3C(=O)N(C)C(C(C)O)C(O)NC(C)C(=O)N2C1. The molecule has 6 amide bonds. The van der Waals surface area contributed by atoms with E-state index in [1.165, 1.54) is 32.7 Å². The molecule has 3 fully saturated rings. The Labute approximate surface area is 353 Å². The molecular formula is C40H50F5N7O10. The number of likely N-dealkylation sites (N-methyl/N-ethyl adjacent to an activating group) is 1. The van der Waals surface area contributed by atoms with Gasteiger partial charge in [0.15, 0.2) is 0 Å². The molecule has 0 aromatic heterocycles. The molecule has 17 nitrogen and oxygen atoms in total. The van der Waals surface area contributed by atoms with E-state index in [-0.39, 0.29) is 43.1 Å². The lowest BCUT2D eigenvalue weighted by Gasteiger charge is -2.39. The lowest BCUT2D eigenvalue weighted by Crippen LogP contribution is -2.64. The minimum Gasteiger partial charge on any atom is -0.458 e. The molecule has 0 bridgehead atoms. The quantitative estimate of drug-likeness (QED) is 0.166. The van der Waals surface area contributed by atoms with Crippen molar-refractivity contribution in [3.05, 3.63) is 59.7 Å². The molecule has 5 rings (SSSR count). The second kappa shape index (κ2) is 19.6. The maximum absolute atomic E-state index is 14.6. The summed E-state index contributed by atoms with van der Waals surface area (Å²) >= 11 is 0. The van der Waals surface area contributed by atoms with Crippen LogP contribution in [0, 0.1) is 17.6 Å². The van der Waals surface area contributed by atoms with Crippen LogP contribution < -0.4 is 26.0 Å². The Bertz CT molecular complexity index is 1970. The third-order valence-electron chi connectivity index (χ3n) is 11.0. The van der Waals surface area contributed by atoms with Crippen LogP contribution in [0.3, 0.4) is 0 Å². The number of urea groups is 1. The summed E-state index contributed by atoms with van der Waals surface area (Å²) in [5.74, 6) is -7.12. The summed E-state index contributed by atoms with van der Waals surface area (Å²) in [5.41, 5.74) is -0.174. The third kappa shape index (κ3) is 11.6. The second-order valence-corrected chi connectivity index (χ2v) is 15.9. The largest absolute Gasteiger partial charge is 0.573 e. The maximum Gasteiger partial charge on any atom is 0.573 e. The summed E-state index contributed by atoms with van der Waals surface area (Å²) in [6.07, 6.45) is -9.51. The van der Waals surface area contributed by atoms with Gasteiger partial charge < -0.3 is 50.3 Å². The zero-order valence-corrected chi connectivity index (χ0v) is 34.4. The fourth-order valence-corrected chi connectivity index (χ4v) is 8.04. The molecule has 6 N–H and O–H groups in total. The first kappa shape index (κ1) is 47.4. The van der Waals surface area contributed by atoms with Gasteiger partial charge in [-0.25, -0.2) is 18.4 Å². The molecule has 22 heteroatoms. The number of halogens is 5. The van der Waals surface area contributed by atoms with Gasteiger partial charge in [-0.05, 0) is 87.9 Å². The predicted octanol–water partition coefficient (Wildman–Crippen LogP) is 1.76. The predicted molar refractivity (Wildman–Crippen MR) is 207 cm³/mol. The highest BCUT2D eigenvalue weighted by Crippen LogP contribution is 2.28. The van der Waals surface area contributed by atoms with Crippen molar-refractivity contribution in [3.63, 3.8) is 0 Å². The molecule has 3 saturated heterocycles. The standard InChI is InChI=1S/C40H50F5N7O10/c1-19-13-30-38(59)61-22(4)31(37(58)51-12-6-7-29(51)36(57)50(5)32(21(3)53)34(55)46-20(2)35(56)52(30)18-19)49-33(54)28(16-23-14-24(41)17-25(42)15-23)48-39(60)47-26-8-10-27(11-9-26)62-40(43,44)45/h8-11,14-15,17,19-22,28-32,34,46,53,55H,6-7,12-13,16,18H2,1-5H3,(H,49,54)(H2,47,48,60). The molecule has 0 spiro atoms. The first-order chi connectivity index (χ1) is 29.0. The normalized spacial score (nSPS) is 27.5. The topological polar surface area (TPSA) is 219 Å². The highest BCUT2D eigenvalue weighted by Gasteiger charge is 2.47. The number of rotatable bonds is 8. The monoisotopic (exact) mass is 883 g/mol. The van der Waals surface area contributed by atoms with Crippen LogP contribution in [0.4, 0.5) is 32.4 Å². The highest BCUT2D eigenvalue weighted by atomic mass is 19.4. The van der Waals surface area contributed by atoms with Crippen molar-refractivity contribution in [2.45, 2.75) is 114 Å². The first-order valence-electron chi connectivity index (χ1n) is 19.9. The Kier molecular flexibility index (Phi) is 15.0. The van der Waals surface area contributed by atoms with Crippen molar-refractivity contribution in [1.82, 2.24) is 30.7 Å². The number of hydrogen-bond acceptors (Lipinski definition) is 11. The Balaban J connectivity index is 1.49. The van der Waals surface area contributed by atoms with Crippen LogP contribution in [0.5, 0.6) is 5.75 Å². The Morgan fingerprint density at radius 1 is 0.968 bits per heavy atom. The van der Waals surface area contributed by atoms with Gasteiger partial charge in [0.1, 0.15) is 53.9 Å². The van der Waals surface area contributed by atoms with E-state index in [2.05, 4.69) is 26.0 Å². The van der Waals surface area contributed by atoms with Gasteiger partial charge in [0.25, 0.3) is 0 Å². The summed E-state index contributed by atoms with van der Waals surface area (Å²) in [5, 5.41) is 31.9. The van der Waals surface area contributed by atoms with Crippen LogP contribution in [0.15, 0.2) is 42.5 Å². The van der Waals surface area contributed by atoms with Crippen LogP contribution in [-0.4, -0.2) is 142 Å². The van der Waals surface area contributed by atoms with Gasteiger partial charge >= 0.3 is 18.4 Å². The molecule has 0 saturated carbocycles. The molecule has 2 aromatic carbocycles. The van der Waals surface area contributed by atoms with Crippen molar-refractivity contribution < 1.29 is 70.4 Å². The number of benzene rings is 2. The first-order valence-corrected chi connectivity index (χ1v) is 19.9. The van der Waals surface area contributed by atoms with E-state index >= 15 is 0 Å². The highest BCUT2D eigenvalue weighted by molar-refractivity contribution is 5.97. The number of aliphatic hydroxyl groups excluding tert-OH is 2. The van der Waals surface area contributed by atoms with E-state index in [4.69, 9.17) is 4.74 Å². The van der Waals surface area contributed by atoms with Crippen LogP contribution in [-0.2, 0) is 35.1 Å². The molecule has 10 atom stereocenters. The number of carbonyl (C=O) groups is 6. The van der Waals surface area contributed by atoms with Crippen molar-refractivity contribution in [2.75, 3.05) is 25.5 Å². The number of amides is 6. The number of fused-ring (bicyclic) bond motifs is 2. The zero-order valence-electron chi connectivity index (χ0n) is 34.4. The van der Waals surface area contributed by atoms with E-state index in [0.717, 1.165) is 46.2 Å². The molecule has 340 valence electrons. The summed E-state index contributed by atoms with van der Waals surface area (Å²) in [7, 11) is 1.31. The van der Waals surface area contributed by atoms with Gasteiger partial charge in [0.2, 0.25) is 23.6 Å². The summed E-state index contributed by atoms with van der Waals surface area (Å²) in [6, 6.07) is -3.11. The smallest absolute Gasteiger partial charge is 0.458 e. The number of alkyl halides is 3. The number of cyclic esters (lactones) is 1. The van der Waals surface area contributed by atoms with Crippen molar-refractivity contribution in [3.8, 4) is 5.75 Å². The zero-order chi connectivity index (χ0) is 45.8. The number of nitrogens with zero attached hydrogens (tertiary/aromatic N) is 3. The minimum atomic E-state index is -4.98. The van der Waals surface area contributed by atoms with E-state index < -0.39 is 120 Å². The van der Waals surface area contributed by atoms with Crippen LogP contribution in [0.1, 0.15) is 52.5 Å². The molecule has 10 unspecified atom stereocenters. The van der Waals surface area contributed by atoms with Crippen molar-refractivity contribution in [1.29, 1.82) is 0 Å². The molecule has 3 aliphatic rings. The summed E-state index contributed by atoms with van der Waals surface area (Å²) in [6.45, 7) is 5.95. The number of hydrogen-bond donors (Lipinski definition) is 6. The van der Waals surface area contributed by atoms with E-state index in [9.17, 15) is 60.9 Å². The van der Waals surface area contributed by atoms with Gasteiger partial charge in [-0.15, -0.1) is 13.2 Å². The molecule has 0 aliphatic carbocycles. The third-order valence-corrected chi connectivity index (χ3v) is 11.0. The Hall–Kier alpha value is -5.61. The fraction of sp³-hybridized carbons (Fsp3) is 0.550. The van der Waals surface area contributed by atoms with Crippen molar-refractivity contribution >= 4 is 41.3 Å². The number of nitrogens with one attached hydrogen (secondary N) is 4. The van der Waals surface area contributed by atoms with Gasteiger partial charge in [-0.3, -0.25) is 24.5 Å². The van der Waals surface area contributed by atoms with E-state index in [1.54, 1.807) is 6.92 Å². The van der Waals surface area contributed by atoms with Gasteiger partial charge in [0.05, 0.1) is 18.2 Å². The fourth-order valence-electron chi connectivity index (χ4n) is 8.04. The summed E-state index contributed by atoms with van der Waals surface area (Å²) in [4.78, 5) is 87.4. The van der Waals surface area contributed by atoms with Crippen LogP contribution >= 0.6 is 0 Å². The van der Waals surface area contributed by atoms with E-state index in [0.29, 0.717) is 12.5 Å². The summed E-state index contributed by atoms with van der Waals surface area (Å²) < 4.78 is 76.3. The molecule has 62 heavy (non-hydrogen) atoms. The van der Waals surface area contributed by atoms with Gasteiger partial charge in [-0.1, -0.05) is 6.92 Å². The van der Waals surface area contributed by atoms with Gasteiger partial charge in [-0.2, -0.15) is 0 Å². The van der Waals surface area contributed by atoms with Crippen LogP contribution in [0.25, 0.3) is 0 Å². The average Bonchev–Trinajstić information content (AvgIpc) is 3.82. The number of carbonyl (C=O) groups excluding carboxylic acids is 6. The lowest BCUT2D eigenvalue weighted by molar-refractivity contribution is -0.274. The second-order valence-electron chi connectivity index (χ2n) is 15.9. The molecule has 0 radical (unpaired) electrons. The van der Waals surface area contributed by atoms with E-state index in [1.807, 2.05) is 0 Å². The maximum atomic E-state index is 14.6. The van der Waals surface area contributed by atoms with Gasteiger partial charge in [0, 0.05) is 38.3 Å². The Morgan fingerprint density at radius 3 is 2.23 bits per heavy atom. The van der Waals surface area contributed by atoms with Crippen LogP contribution in [0.2, 0.25) is 0 Å². The van der Waals surface area contributed by atoms with Crippen molar-refractivity contribution in [2.24, 2.45) is 5.92 Å². The lowest BCUT2D eigenvalue weighted by atomic mass is 10.0. The number of esters is 1. The number of anilines is 1. The molecule has 3 heterocycles. The number of ether oxygens (including phenoxy) is 2.